The van der Waals surface area contributed by atoms with Gasteiger partial charge >= 0.3 is 5.69 Å². The molecule has 122 valence electrons. The maximum atomic E-state index is 11.2. The zero-order valence-corrected chi connectivity index (χ0v) is 13.1. The topological polar surface area (TPSA) is 102 Å². The van der Waals surface area contributed by atoms with Crippen molar-refractivity contribution in [2.45, 2.75) is 19.8 Å². The molecule has 2 rings (SSSR count). The van der Waals surface area contributed by atoms with Crippen molar-refractivity contribution in [3.05, 3.63) is 40.7 Å². The summed E-state index contributed by atoms with van der Waals surface area (Å²) in [4.78, 5) is 18.5. The summed E-state index contributed by atoms with van der Waals surface area (Å²) in [7, 11) is 1.57. The number of nitro groups is 1. The lowest BCUT2D eigenvalue weighted by Crippen LogP contribution is -2.05. The molecule has 8 heteroatoms. The minimum absolute atomic E-state index is 0.133. The van der Waals surface area contributed by atoms with Crippen LogP contribution < -0.4 is 15.4 Å². The van der Waals surface area contributed by atoms with E-state index in [4.69, 9.17) is 4.74 Å². The van der Waals surface area contributed by atoms with Crippen LogP contribution in [0.5, 0.6) is 5.75 Å². The fourth-order valence-corrected chi connectivity index (χ4v) is 1.93. The molecule has 0 amide bonds. The largest absolute Gasteiger partial charge is 0.494 e. The van der Waals surface area contributed by atoms with Gasteiger partial charge in [-0.05, 0) is 30.7 Å². The number of unbranched alkanes of at least 4 members (excludes halogenated alkanes) is 1. The number of aromatic nitrogens is 2. The molecule has 0 aliphatic heterocycles. The summed E-state index contributed by atoms with van der Waals surface area (Å²) in [5.41, 5.74) is 0.481. The van der Waals surface area contributed by atoms with Crippen LogP contribution >= 0.6 is 0 Å². The molecule has 1 aromatic heterocycles. The molecule has 0 bridgehead atoms. The number of nitrogens with one attached hydrogen (secondary N) is 2. The molecule has 23 heavy (non-hydrogen) atoms. The number of benzene rings is 1. The highest BCUT2D eigenvalue weighted by Gasteiger charge is 2.22. The molecule has 1 heterocycles. The molecule has 0 saturated heterocycles. The predicted molar refractivity (Wildman–Crippen MR) is 88.4 cm³/mol. The van der Waals surface area contributed by atoms with Gasteiger partial charge in [-0.15, -0.1) is 0 Å². The molecule has 2 aromatic rings. The van der Waals surface area contributed by atoms with Crippen molar-refractivity contribution in [1.29, 1.82) is 0 Å². The SMILES string of the molecule is CCCCOc1ccc(Nc2ncnc(NC)c2[N+](=O)[O-])cc1. The summed E-state index contributed by atoms with van der Waals surface area (Å²) in [6.07, 6.45) is 3.34. The standard InChI is InChI=1S/C15H19N5O3/c1-3-4-9-23-12-7-5-11(6-8-12)19-15-13(20(21)22)14(16-2)17-10-18-15/h5-8,10H,3-4,9H2,1-2H3,(H2,16,17,18,19). The fourth-order valence-electron chi connectivity index (χ4n) is 1.93. The fraction of sp³-hybridized carbons (Fsp3) is 0.333. The van der Waals surface area contributed by atoms with Crippen LogP contribution in [0, 0.1) is 10.1 Å². The van der Waals surface area contributed by atoms with Gasteiger partial charge in [-0.2, -0.15) is 0 Å². The van der Waals surface area contributed by atoms with Gasteiger partial charge in [0.1, 0.15) is 12.1 Å². The zero-order chi connectivity index (χ0) is 16.7. The summed E-state index contributed by atoms with van der Waals surface area (Å²) >= 11 is 0. The smallest absolute Gasteiger partial charge is 0.353 e. The number of anilines is 3. The highest BCUT2D eigenvalue weighted by atomic mass is 16.6. The first-order valence-electron chi connectivity index (χ1n) is 7.32. The maximum Gasteiger partial charge on any atom is 0.353 e. The van der Waals surface area contributed by atoms with Gasteiger partial charge in [-0.1, -0.05) is 13.3 Å². The van der Waals surface area contributed by atoms with Gasteiger partial charge in [0.2, 0.25) is 11.6 Å². The van der Waals surface area contributed by atoms with Gasteiger partial charge in [0.25, 0.3) is 0 Å². The third kappa shape index (κ3) is 4.29. The first-order valence-corrected chi connectivity index (χ1v) is 7.32. The Balaban J connectivity index is 2.14. The lowest BCUT2D eigenvalue weighted by atomic mass is 10.3. The van der Waals surface area contributed by atoms with E-state index in [1.54, 1.807) is 19.2 Å². The quantitative estimate of drug-likeness (QED) is 0.437. The average molecular weight is 317 g/mol. The Kier molecular flexibility index (Phi) is 5.67. The maximum absolute atomic E-state index is 11.2. The summed E-state index contributed by atoms with van der Waals surface area (Å²) in [6, 6.07) is 7.19. The summed E-state index contributed by atoms with van der Waals surface area (Å²) in [6.45, 7) is 2.77. The Hall–Kier alpha value is -2.90. The van der Waals surface area contributed by atoms with E-state index in [1.165, 1.54) is 6.33 Å². The van der Waals surface area contributed by atoms with Gasteiger partial charge in [-0.3, -0.25) is 10.1 Å². The Morgan fingerprint density at radius 3 is 2.52 bits per heavy atom. The Bertz CT molecular complexity index is 661. The van der Waals surface area contributed by atoms with E-state index in [2.05, 4.69) is 27.5 Å². The summed E-state index contributed by atoms with van der Waals surface area (Å²) in [5, 5.41) is 16.8. The molecular formula is C15H19N5O3. The molecule has 1 aromatic carbocycles. The van der Waals surface area contributed by atoms with Crippen LogP contribution in [0.3, 0.4) is 0 Å². The van der Waals surface area contributed by atoms with Crippen molar-refractivity contribution in [1.82, 2.24) is 9.97 Å². The number of ether oxygens (including phenoxy) is 1. The van der Waals surface area contributed by atoms with Gasteiger partial charge in [0.05, 0.1) is 11.5 Å². The van der Waals surface area contributed by atoms with E-state index in [0.717, 1.165) is 18.6 Å². The second-order valence-corrected chi connectivity index (χ2v) is 4.78. The van der Waals surface area contributed by atoms with E-state index >= 15 is 0 Å². The third-order valence-corrected chi connectivity index (χ3v) is 3.13. The van der Waals surface area contributed by atoms with Crippen molar-refractivity contribution in [3.8, 4) is 5.75 Å². The van der Waals surface area contributed by atoms with Crippen molar-refractivity contribution in [2.24, 2.45) is 0 Å². The highest BCUT2D eigenvalue weighted by molar-refractivity contribution is 5.73. The summed E-state index contributed by atoms with van der Waals surface area (Å²) < 4.78 is 5.58. The Labute approximate surface area is 134 Å². The van der Waals surface area contributed by atoms with Crippen LogP contribution in [0.25, 0.3) is 0 Å². The molecule has 0 aliphatic rings. The lowest BCUT2D eigenvalue weighted by Gasteiger charge is -2.09. The zero-order valence-electron chi connectivity index (χ0n) is 13.1. The molecule has 0 saturated carbocycles. The van der Waals surface area contributed by atoms with Gasteiger partial charge < -0.3 is 15.4 Å². The van der Waals surface area contributed by atoms with Crippen LogP contribution in [0.2, 0.25) is 0 Å². The molecular weight excluding hydrogens is 298 g/mol. The number of hydrogen-bond acceptors (Lipinski definition) is 7. The molecule has 0 aliphatic carbocycles. The van der Waals surface area contributed by atoms with Crippen molar-refractivity contribution < 1.29 is 9.66 Å². The van der Waals surface area contributed by atoms with E-state index in [0.29, 0.717) is 12.3 Å². The monoisotopic (exact) mass is 317 g/mol. The Morgan fingerprint density at radius 1 is 1.22 bits per heavy atom. The average Bonchev–Trinajstić information content (AvgIpc) is 2.56. The van der Waals surface area contributed by atoms with E-state index in [1.807, 2.05) is 12.1 Å². The minimum atomic E-state index is -0.517. The van der Waals surface area contributed by atoms with Crippen LogP contribution in [-0.2, 0) is 0 Å². The molecule has 8 nitrogen and oxygen atoms in total. The lowest BCUT2D eigenvalue weighted by molar-refractivity contribution is -0.383. The number of nitrogens with zero attached hydrogens (tertiary/aromatic N) is 3. The van der Waals surface area contributed by atoms with E-state index in [-0.39, 0.29) is 17.3 Å². The molecule has 0 radical (unpaired) electrons. The van der Waals surface area contributed by atoms with Crippen LogP contribution in [0.15, 0.2) is 30.6 Å². The molecule has 0 atom stereocenters. The second kappa shape index (κ2) is 7.92. The predicted octanol–water partition coefficient (Wildman–Crippen LogP) is 3.35. The van der Waals surface area contributed by atoms with Crippen molar-refractivity contribution in [2.75, 3.05) is 24.3 Å². The van der Waals surface area contributed by atoms with Gasteiger partial charge in [0.15, 0.2) is 0 Å². The number of hydrogen-bond donors (Lipinski definition) is 2. The van der Waals surface area contributed by atoms with Crippen LogP contribution in [-0.4, -0.2) is 28.5 Å². The number of rotatable bonds is 8. The van der Waals surface area contributed by atoms with Gasteiger partial charge in [0, 0.05) is 12.7 Å². The first kappa shape index (κ1) is 16.5. The molecule has 0 unspecified atom stereocenters. The van der Waals surface area contributed by atoms with Crippen LogP contribution in [0.1, 0.15) is 19.8 Å². The Morgan fingerprint density at radius 2 is 1.91 bits per heavy atom. The van der Waals surface area contributed by atoms with Crippen LogP contribution in [0.4, 0.5) is 23.0 Å². The third-order valence-electron chi connectivity index (χ3n) is 3.13. The molecule has 2 N–H and O–H groups in total. The molecule has 0 fully saturated rings. The van der Waals surface area contributed by atoms with Gasteiger partial charge in [-0.25, -0.2) is 9.97 Å². The first-order chi connectivity index (χ1) is 11.2. The highest BCUT2D eigenvalue weighted by Crippen LogP contribution is 2.31. The van der Waals surface area contributed by atoms with E-state index < -0.39 is 4.92 Å². The summed E-state index contributed by atoms with van der Waals surface area (Å²) in [5.74, 6) is 1.05. The van der Waals surface area contributed by atoms with Crippen molar-refractivity contribution in [3.63, 3.8) is 0 Å². The minimum Gasteiger partial charge on any atom is -0.494 e. The van der Waals surface area contributed by atoms with E-state index in [9.17, 15) is 10.1 Å². The second-order valence-electron chi connectivity index (χ2n) is 4.78. The van der Waals surface area contributed by atoms with Crippen molar-refractivity contribution >= 4 is 23.0 Å². The normalized spacial score (nSPS) is 10.2. The molecule has 0 spiro atoms.